The molecule has 5 rings (SSSR count). The van der Waals surface area contributed by atoms with E-state index in [2.05, 4.69) is 15.6 Å². The van der Waals surface area contributed by atoms with Crippen molar-refractivity contribution in [1.82, 2.24) is 25.2 Å². The Labute approximate surface area is 251 Å². The summed E-state index contributed by atoms with van der Waals surface area (Å²) >= 11 is 0. The van der Waals surface area contributed by atoms with Crippen molar-refractivity contribution in [2.24, 2.45) is 0 Å². The van der Waals surface area contributed by atoms with Crippen LogP contribution in [0.15, 0.2) is 66.7 Å². The van der Waals surface area contributed by atoms with E-state index >= 15 is 0 Å². The van der Waals surface area contributed by atoms with E-state index in [-0.39, 0.29) is 24.4 Å². The highest BCUT2D eigenvalue weighted by Crippen LogP contribution is 2.41. The third kappa shape index (κ3) is 6.43. The minimum absolute atomic E-state index is 0.0381. The standard InChI is InChI=1S/C33H39N5O5/c1-22(38-27-18-12-11-17-26(27)35-36-38)33(40)37(21-23-13-7-5-8-14-23)30(32(39)34-25-15-9-6-10-16-25)24-19-28(41-2)31(43-4)29(20-24)42-3/h5,7-8,11-14,17-20,22,25,30H,6,9-10,15-16,21H2,1-4H3,(H,34,39)/t22-,30-/m0/s1. The van der Waals surface area contributed by atoms with Crippen molar-refractivity contribution in [3.8, 4) is 17.2 Å². The second kappa shape index (κ2) is 13.6. The number of rotatable bonds is 11. The Morgan fingerprint density at radius 1 is 0.930 bits per heavy atom. The van der Waals surface area contributed by atoms with Crippen LogP contribution in [0.2, 0.25) is 0 Å². The highest BCUT2D eigenvalue weighted by atomic mass is 16.5. The number of aromatic nitrogens is 3. The molecule has 1 N–H and O–H groups in total. The Morgan fingerprint density at radius 2 is 1.58 bits per heavy atom. The van der Waals surface area contributed by atoms with Crippen LogP contribution in [0.5, 0.6) is 17.2 Å². The summed E-state index contributed by atoms with van der Waals surface area (Å²) in [6.45, 7) is 1.97. The van der Waals surface area contributed by atoms with Gasteiger partial charge in [0.1, 0.15) is 17.6 Å². The molecule has 10 nitrogen and oxygen atoms in total. The molecule has 1 heterocycles. The van der Waals surface area contributed by atoms with Gasteiger partial charge in [-0.05, 0) is 55.2 Å². The van der Waals surface area contributed by atoms with Crippen molar-refractivity contribution in [2.45, 2.75) is 63.7 Å². The Balaban J connectivity index is 1.63. The molecule has 226 valence electrons. The number of hydrogen-bond donors (Lipinski definition) is 1. The van der Waals surface area contributed by atoms with Gasteiger partial charge in [-0.3, -0.25) is 9.59 Å². The van der Waals surface area contributed by atoms with Crippen LogP contribution < -0.4 is 19.5 Å². The summed E-state index contributed by atoms with van der Waals surface area (Å²) in [6.07, 6.45) is 5.08. The number of hydrogen-bond acceptors (Lipinski definition) is 7. The number of methoxy groups -OCH3 is 3. The van der Waals surface area contributed by atoms with Crippen molar-refractivity contribution in [1.29, 1.82) is 0 Å². The Hall–Kier alpha value is -4.60. The maximum Gasteiger partial charge on any atom is 0.248 e. The molecule has 0 saturated heterocycles. The summed E-state index contributed by atoms with van der Waals surface area (Å²) in [6, 6.07) is 18.9. The van der Waals surface area contributed by atoms with E-state index in [1.54, 1.807) is 28.6 Å². The summed E-state index contributed by atoms with van der Waals surface area (Å²) < 4.78 is 18.5. The van der Waals surface area contributed by atoms with E-state index < -0.39 is 12.1 Å². The van der Waals surface area contributed by atoms with Crippen LogP contribution in [0.3, 0.4) is 0 Å². The fourth-order valence-corrected chi connectivity index (χ4v) is 5.85. The fourth-order valence-electron chi connectivity index (χ4n) is 5.85. The zero-order chi connectivity index (χ0) is 30.3. The first-order valence-electron chi connectivity index (χ1n) is 14.7. The minimum atomic E-state index is -0.999. The van der Waals surface area contributed by atoms with Gasteiger partial charge in [-0.2, -0.15) is 0 Å². The predicted octanol–water partition coefficient (Wildman–Crippen LogP) is 5.24. The largest absolute Gasteiger partial charge is 0.493 e. The van der Waals surface area contributed by atoms with Crippen LogP contribution in [-0.2, 0) is 16.1 Å². The SMILES string of the molecule is COc1cc([C@@H](C(=O)NC2CCCCC2)N(Cc2ccccc2)C(=O)[C@H](C)n2nnc3ccccc32)cc(OC)c1OC. The topological polar surface area (TPSA) is 108 Å². The van der Waals surface area contributed by atoms with Crippen LogP contribution in [0.4, 0.5) is 0 Å². The smallest absolute Gasteiger partial charge is 0.248 e. The average Bonchev–Trinajstić information content (AvgIpc) is 3.48. The van der Waals surface area contributed by atoms with Gasteiger partial charge in [0.2, 0.25) is 17.6 Å². The molecular formula is C33H39N5O5. The highest BCUT2D eigenvalue weighted by Gasteiger charge is 2.37. The lowest BCUT2D eigenvalue weighted by molar-refractivity contribution is -0.144. The van der Waals surface area contributed by atoms with Gasteiger partial charge in [0.05, 0.1) is 26.8 Å². The summed E-state index contributed by atoms with van der Waals surface area (Å²) in [7, 11) is 4.59. The number of carbonyl (C=O) groups is 2. The first-order chi connectivity index (χ1) is 20.9. The highest BCUT2D eigenvalue weighted by molar-refractivity contribution is 5.91. The molecule has 3 aromatic carbocycles. The molecule has 2 atom stereocenters. The van der Waals surface area contributed by atoms with E-state index in [1.807, 2.05) is 54.6 Å². The molecule has 1 aliphatic carbocycles. The van der Waals surface area contributed by atoms with Crippen LogP contribution in [0.25, 0.3) is 11.0 Å². The lowest BCUT2D eigenvalue weighted by Gasteiger charge is -2.35. The summed E-state index contributed by atoms with van der Waals surface area (Å²) in [5, 5.41) is 11.8. The number of para-hydroxylation sites is 1. The van der Waals surface area contributed by atoms with Gasteiger partial charge < -0.3 is 24.4 Å². The van der Waals surface area contributed by atoms with Crippen molar-refractivity contribution in [3.63, 3.8) is 0 Å². The molecular weight excluding hydrogens is 546 g/mol. The normalized spacial score (nSPS) is 15.0. The third-order valence-electron chi connectivity index (χ3n) is 8.09. The van der Waals surface area contributed by atoms with E-state index in [0.29, 0.717) is 28.3 Å². The molecule has 1 aromatic heterocycles. The van der Waals surface area contributed by atoms with Gasteiger partial charge in [-0.15, -0.1) is 5.10 Å². The van der Waals surface area contributed by atoms with Gasteiger partial charge in [0.25, 0.3) is 0 Å². The average molecular weight is 586 g/mol. The van der Waals surface area contributed by atoms with Gasteiger partial charge in [-0.1, -0.05) is 66.9 Å². The molecule has 0 aliphatic heterocycles. The Kier molecular flexibility index (Phi) is 9.44. The number of nitrogens with zero attached hydrogens (tertiary/aromatic N) is 4. The Morgan fingerprint density at radius 3 is 2.23 bits per heavy atom. The molecule has 10 heteroatoms. The van der Waals surface area contributed by atoms with Gasteiger partial charge >= 0.3 is 0 Å². The van der Waals surface area contributed by atoms with E-state index in [9.17, 15) is 9.59 Å². The summed E-state index contributed by atoms with van der Waals surface area (Å²) in [5.74, 6) is 0.659. The van der Waals surface area contributed by atoms with Crippen molar-refractivity contribution < 1.29 is 23.8 Å². The number of fused-ring (bicyclic) bond motifs is 1. The maximum absolute atomic E-state index is 14.6. The van der Waals surface area contributed by atoms with Crippen molar-refractivity contribution in [2.75, 3.05) is 21.3 Å². The molecule has 1 fully saturated rings. The van der Waals surface area contributed by atoms with Gasteiger partial charge in [0, 0.05) is 12.6 Å². The monoisotopic (exact) mass is 585 g/mol. The molecule has 0 radical (unpaired) electrons. The number of carbonyl (C=O) groups excluding carboxylic acids is 2. The van der Waals surface area contributed by atoms with Gasteiger partial charge in [-0.25, -0.2) is 4.68 Å². The number of ether oxygens (including phenoxy) is 3. The number of amides is 2. The zero-order valence-corrected chi connectivity index (χ0v) is 25.2. The van der Waals surface area contributed by atoms with E-state index in [0.717, 1.165) is 43.2 Å². The third-order valence-corrected chi connectivity index (χ3v) is 8.09. The summed E-state index contributed by atoms with van der Waals surface area (Å²) in [5.41, 5.74) is 2.85. The van der Waals surface area contributed by atoms with Gasteiger partial charge in [0.15, 0.2) is 11.5 Å². The predicted molar refractivity (Wildman–Crippen MR) is 163 cm³/mol. The molecule has 1 aliphatic rings. The number of benzene rings is 3. The van der Waals surface area contributed by atoms with E-state index in [4.69, 9.17) is 14.2 Å². The second-order valence-corrected chi connectivity index (χ2v) is 10.9. The van der Waals surface area contributed by atoms with Crippen molar-refractivity contribution >= 4 is 22.8 Å². The van der Waals surface area contributed by atoms with Crippen LogP contribution in [0, 0.1) is 0 Å². The fraction of sp³-hybridized carbons (Fsp3) is 0.394. The molecule has 0 bridgehead atoms. The Bertz CT molecular complexity index is 1520. The molecule has 0 spiro atoms. The first kappa shape index (κ1) is 29.9. The number of nitrogens with one attached hydrogen (secondary N) is 1. The van der Waals surface area contributed by atoms with E-state index in [1.165, 1.54) is 21.3 Å². The molecule has 0 unspecified atom stereocenters. The van der Waals surface area contributed by atoms with Crippen LogP contribution >= 0.6 is 0 Å². The zero-order valence-electron chi connectivity index (χ0n) is 25.2. The lowest BCUT2D eigenvalue weighted by Crippen LogP contribution is -2.48. The lowest BCUT2D eigenvalue weighted by atomic mass is 9.94. The minimum Gasteiger partial charge on any atom is -0.493 e. The van der Waals surface area contributed by atoms with Crippen LogP contribution in [0.1, 0.15) is 62.2 Å². The molecule has 43 heavy (non-hydrogen) atoms. The molecule has 1 saturated carbocycles. The molecule has 4 aromatic rings. The second-order valence-electron chi connectivity index (χ2n) is 10.9. The van der Waals surface area contributed by atoms with Crippen molar-refractivity contribution in [3.05, 3.63) is 77.9 Å². The molecule has 2 amide bonds. The quantitative estimate of drug-likeness (QED) is 0.257. The maximum atomic E-state index is 14.6. The van der Waals surface area contributed by atoms with Crippen LogP contribution in [-0.4, -0.2) is 59.1 Å². The summed E-state index contributed by atoms with van der Waals surface area (Å²) in [4.78, 5) is 30.6. The first-order valence-corrected chi connectivity index (χ1v) is 14.7.